The second-order valence-electron chi connectivity index (χ2n) is 4.90. The van der Waals surface area contributed by atoms with Gasteiger partial charge in [-0.1, -0.05) is 67.8 Å². The predicted molar refractivity (Wildman–Crippen MR) is 85.7 cm³/mol. The summed E-state index contributed by atoms with van der Waals surface area (Å²) in [6.07, 6.45) is -3.72. The molecule has 0 aliphatic heterocycles. The number of halogens is 5. The Balaban J connectivity index is 2.25. The summed E-state index contributed by atoms with van der Waals surface area (Å²) in [5.74, 6) is 0. The van der Waals surface area contributed by atoms with Crippen LogP contribution < -0.4 is 0 Å². The second kappa shape index (κ2) is 6.53. The average molecular weight is 422 g/mol. The lowest BCUT2D eigenvalue weighted by Crippen LogP contribution is -2.07. The molecular formula is C16H13Br2F3. The van der Waals surface area contributed by atoms with Gasteiger partial charge in [-0.25, -0.2) is 0 Å². The van der Waals surface area contributed by atoms with Gasteiger partial charge in [-0.15, -0.1) is 0 Å². The zero-order chi connectivity index (χ0) is 15.6. The normalized spacial score (nSPS) is 13.2. The van der Waals surface area contributed by atoms with Gasteiger partial charge >= 0.3 is 6.18 Å². The van der Waals surface area contributed by atoms with Crippen molar-refractivity contribution in [2.24, 2.45) is 0 Å². The lowest BCUT2D eigenvalue weighted by molar-refractivity contribution is -0.138. The summed E-state index contributed by atoms with van der Waals surface area (Å²) in [6, 6.07) is 12.3. The summed E-state index contributed by atoms with van der Waals surface area (Å²) in [6.45, 7) is 1.99. The molecule has 0 N–H and O–H groups in total. The van der Waals surface area contributed by atoms with Crippen LogP contribution in [0.3, 0.4) is 0 Å². The molecule has 0 aliphatic carbocycles. The number of rotatable bonds is 3. The monoisotopic (exact) mass is 420 g/mol. The third-order valence-electron chi connectivity index (χ3n) is 3.15. The van der Waals surface area contributed by atoms with E-state index in [9.17, 15) is 13.2 Å². The van der Waals surface area contributed by atoms with Gasteiger partial charge in [-0.3, -0.25) is 0 Å². The highest BCUT2D eigenvalue weighted by Crippen LogP contribution is 2.38. The Morgan fingerprint density at radius 2 is 1.81 bits per heavy atom. The third kappa shape index (κ3) is 4.33. The van der Waals surface area contributed by atoms with E-state index in [1.807, 2.05) is 31.2 Å². The van der Waals surface area contributed by atoms with Crippen LogP contribution in [-0.4, -0.2) is 0 Å². The van der Waals surface area contributed by atoms with Gasteiger partial charge in [-0.2, -0.15) is 13.2 Å². The highest BCUT2D eigenvalue weighted by atomic mass is 79.9. The molecule has 1 atom stereocenters. The van der Waals surface area contributed by atoms with Crippen LogP contribution in [0.5, 0.6) is 0 Å². The molecule has 0 spiro atoms. The molecule has 0 nitrogen and oxygen atoms in total. The molecule has 1 unspecified atom stereocenters. The summed E-state index contributed by atoms with van der Waals surface area (Å²) < 4.78 is 38.8. The fourth-order valence-electron chi connectivity index (χ4n) is 2.12. The fourth-order valence-corrected chi connectivity index (χ4v) is 3.25. The van der Waals surface area contributed by atoms with Crippen molar-refractivity contribution in [3.05, 3.63) is 69.2 Å². The van der Waals surface area contributed by atoms with Crippen LogP contribution in [0.4, 0.5) is 13.2 Å². The number of benzene rings is 2. The second-order valence-corrected chi connectivity index (χ2v) is 6.86. The van der Waals surface area contributed by atoms with Gasteiger partial charge in [0.2, 0.25) is 0 Å². The van der Waals surface area contributed by atoms with Crippen LogP contribution in [0.2, 0.25) is 0 Å². The Morgan fingerprint density at radius 1 is 1.10 bits per heavy atom. The van der Waals surface area contributed by atoms with Crippen molar-refractivity contribution in [1.82, 2.24) is 0 Å². The van der Waals surface area contributed by atoms with Crippen molar-refractivity contribution in [3.63, 3.8) is 0 Å². The van der Waals surface area contributed by atoms with Gasteiger partial charge in [0.15, 0.2) is 0 Å². The van der Waals surface area contributed by atoms with Gasteiger partial charge in [-0.05, 0) is 36.6 Å². The van der Waals surface area contributed by atoms with Crippen molar-refractivity contribution in [2.45, 2.75) is 24.3 Å². The SMILES string of the molecule is Cc1cccc(CC(Br)c2ccc(Br)c(C(F)(F)F)c2)c1. The fraction of sp³-hybridized carbons (Fsp3) is 0.250. The largest absolute Gasteiger partial charge is 0.417 e. The van der Waals surface area contributed by atoms with Crippen molar-refractivity contribution in [3.8, 4) is 0 Å². The first-order valence-electron chi connectivity index (χ1n) is 6.33. The Bertz CT molecular complexity index is 636. The molecule has 0 radical (unpaired) electrons. The van der Waals surface area contributed by atoms with E-state index in [-0.39, 0.29) is 9.30 Å². The molecule has 0 fully saturated rings. The summed E-state index contributed by atoms with van der Waals surface area (Å²) >= 11 is 6.45. The van der Waals surface area contributed by atoms with E-state index >= 15 is 0 Å². The summed E-state index contributed by atoms with van der Waals surface area (Å²) in [5.41, 5.74) is 2.20. The number of alkyl halides is 4. The van der Waals surface area contributed by atoms with Gasteiger partial charge in [0.05, 0.1) is 5.56 Å². The maximum absolute atomic E-state index is 12.9. The van der Waals surface area contributed by atoms with E-state index in [1.165, 1.54) is 12.1 Å². The lowest BCUT2D eigenvalue weighted by atomic mass is 10.0. The quantitative estimate of drug-likeness (QED) is 0.499. The van der Waals surface area contributed by atoms with E-state index in [4.69, 9.17) is 0 Å². The molecule has 0 aromatic heterocycles. The zero-order valence-corrected chi connectivity index (χ0v) is 14.4. The minimum Gasteiger partial charge on any atom is -0.166 e. The molecule has 2 rings (SSSR count). The summed E-state index contributed by atoms with van der Waals surface area (Å²) in [7, 11) is 0. The van der Waals surface area contributed by atoms with Crippen LogP contribution >= 0.6 is 31.9 Å². The van der Waals surface area contributed by atoms with E-state index in [0.29, 0.717) is 12.0 Å². The van der Waals surface area contributed by atoms with E-state index in [1.54, 1.807) is 6.07 Å². The predicted octanol–water partition coefficient (Wildman–Crippen LogP) is 6.46. The first-order chi connectivity index (χ1) is 9.77. The first-order valence-corrected chi connectivity index (χ1v) is 8.04. The van der Waals surface area contributed by atoms with Crippen LogP contribution in [0.1, 0.15) is 27.1 Å². The van der Waals surface area contributed by atoms with Crippen LogP contribution in [-0.2, 0) is 12.6 Å². The van der Waals surface area contributed by atoms with Crippen molar-refractivity contribution in [2.75, 3.05) is 0 Å². The van der Waals surface area contributed by atoms with E-state index < -0.39 is 11.7 Å². The maximum atomic E-state index is 12.9. The molecule has 0 saturated heterocycles. The Hall–Kier alpha value is -0.810. The van der Waals surface area contributed by atoms with Crippen LogP contribution in [0.15, 0.2) is 46.9 Å². The van der Waals surface area contributed by atoms with Crippen molar-refractivity contribution in [1.29, 1.82) is 0 Å². The third-order valence-corrected chi connectivity index (χ3v) is 4.70. The number of hydrogen-bond donors (Lipinski definition) is 0. The maximum Gasteiger partial charge on any atom is 0.417 e. The zero-order valence-electron chi connectivity index (χ0n) is 11.2. The van der Waals surface area contributed by atoms with Crippen LogP contribution in [0, 0.1) is 6.92 Å². The molecule has 0 bridgehead atoms. The topological polar surface area (TPSA) is 0 Å². The molecular weight excluding hydrogens is 409 g/mol. The summed E-state index contributed by atoms with van der Waals surface area (Å²) in [4.78, 5) is -0.159. The van der Waals surface area contributed by atoms with Gasteiger partial charge < -0.3 is 0 Å². The first kappa shape index (κ1) is 16.6. The van der Waals surface area contributed by atoms with E-state index in [2.05, 4.69) is 31.9 Å². The molecule has 112 valence electrons. The van der Waals surface area contributed by atoms with Gasteiger partial charge in [0.1, 0.15) is 0 Å². The van der Waals surface area contributed by atoms with E-state index in [0.717, 1.165) is 11.1 Å². The molecule has 0 aliphatic rings. The molecule has 0 saturated carbocycles. The van der Waals surface area contributed by atoms with Crippen LogP contribution in [0.25, 0.3) is 0 Å². The number of hydrogen-bond acceptors (Lipinski definition) is 0. The molecule has 2 aromatic carbocycles. The Kier molecular flexibility index (Phi) is 5.15. The standard InChI is InChI=1S/C16H13Br2F3/c1-10-3-2-4-11(7-10)8-15(18)12-5-6-14(17)13(9-12)16(19,20)21/h2-7,9,15H,8H2,1H3. The smallest absolute Gasteiger partial charge is 0.166 e. The highest BCUT2D eigenvalue weighted by molar-refractivity contribution is 9.10. The lowest BCUT2D eigenvalue weighted by Gasteiger charge is -2.15. The molecule has 0 amide bonds. The Morgan fingerprint density at radius 3 is 2.43 bits per heavy atom. The molecule has 2 aromatic rings. The number of aryl methyl sites for hydroxylation is 1. The molecule has 5 heteroatoms. The van der Waals surface area contributed by atoms with Crippen molar-refractivity contribution >= 4 is 31.9 Å². The minimum absolute atomic E-state index is 0.0639. The highest BCUT2D eigenvalue weighted by Gasteiger charge is 2.33. The molecule has 0 heterocycles. The van der Waals surface area contributed by atoms with Gasteiger partial charge in [0, 0.05) is 9.30 Å². The average Bonchev–Trinajstić information content (AvgIpc) is 2.37. The minimum atomic E-state index is -4.36. The summed E-state index contributed by atoms with van der Waals surface area (Å²) in [5, 5.41) is 0. The van der Waals surface area contributed by atoms with Crippen molar-refractivity contribution < 1.29 is 13.2 Å². The Labute approximate surface area is 138 Å². The molecule has 21 heavy (non-hydrogen) atoms. The van der Waals surface area contributed by atoms with Gasteiger partial charge in [0.25, 0.3) is 0 Å².